The molecule has 4 nitrogen and oxygen atoms in total. The van der Waals surface area contributed by atoms with Gasteiger partial charge in [0.05, 0.1) is 6.54 Å². The molecule has 2 N–H and O–H groups in total. The first-order valence-corrected chi connectivity index (χ1v) is 7.01. The van der Waals surface area contributed by atoms with Gasteiger partial charge in [0.2, 0.25) is 0 Å². The zero-order valence-electron chi connectivity index (χ0n) is 11.5. The highest BCUT2D eigenvalue weighted by Crippen LogP contribution is 2.31. The standard InChI is InChI=1S/C13H21F3N2O2/c1-12(11(19)20,17-9-2-3-9)6-7-18(10-4-5-10)8-13(14,15)16/h9-10,17H,2-8H2,1H3,(H,19,20). The fourth-order valence-electron chi connectivity index (χ4n) is 2.35. The Balaban J connectivity index is 1.90. The summed E-state index contributed by atoms with van der Waals surface area (Å²) in [6.07, 6.45) is -0.612. The number of halogens is 3. The monoisotopic (exact) mass is 294 g/mol. The first-order chi connectivity index (χ1) is 9.20. The Morgan fingerprint density at radius 2 is 1.90 bits per heavy atom. The molecule has 0 aromatic carbocycles. The van der Waals surface area contributed by atoms with Gasteiger partial charge >= 0.3 is 12.1 Å². The van der Waals surface area contributed by atoms with E-state index in [0.29, 0.717) is 0 Å². The molecule has 2 fully saturated rings. The highest BCUT2D eigenvalue weighted by atomic mass is 19.4. The van der Waals surface area contributed by atoms with Crippen LogP contribution in [0.3, 0.4) is 0 Å². The van der Waals surface area contributed by atoms with Crippen molar-refractivity contribution in [1.82, 2.24) is 10.2 Å². The number of carboxylic acids is 1. The summed E-state index contributed by atoms with van der Waals surface area (Å²) in [5.74, 6) is -0.993. The van der Waals surface area contributed by atoms with E-state index in [1.165, 1.54) is 4.90 Å². The zero-order valence-corrected chi connectivity index (χ0v) is 11.5. The molecule has 2 rings (SSSR count). The van der Waals surface area contributed by atoms with Crippen molar-refractivity contribution in [2.75, 3.05) is 13.1 Å². The van der Waals surface area contributed by atoms with E-state index >= 15 is 0 Å². The van der Waals surface area contributed by atoms with Crippen molar-refractivity contribution in [3.8, 4) is 0 Å². The van der Waals surface area contributed by atoms with Gasteiger partial charge in [-0.1, -0.05) is 0 Å². The molecule has 0 bridgehead atoms. The molecule has 20 heavy (non-hydrogen) atoms. The van der Waals surface area contributed by atoms with E-state index in [2.05, 4.69) is 5.32 Å². The Kier molecular flexibility index (Phi) is 4.30. The van der Waals surface area contributed by atoms with Crippen LogP contribution >= 0.6 is 0 Å². The van der Waals surface area contributed by atoms with Crippen molar-refractivity contribution in [2.24, 2.45) is 0 Å². The molecular weight excluding hydrogens is 273 g/mol. The number of nitrogens with one attached hydrogen (secondary N) is 1. The number of rotatable bonds is 8. The highest BCUT2D eigenvalue weighted by molar-refractivity contribution is 5.78. The molecule has 0 radical (unpaired) electrons. The van der Waals surface area contributed by atoms with Crippen molar-refractivity contribution in [1.29, 1.82) is 0 Å². The number of alkyl halides is 3. The van der Waals surface area contributed by atoms with E-state index in [4.69, 9.17) is 0 Å². The van der Waals surface area contributed by atoms with Gasteiger partial charge in [-0.15, -0.1) is 0 Å². The van der Waals surface area contributed by atoms with Crippen LogP contribution in [0, 0.1) is 0 Å². The van der Waals surface area contributed by atoms with Crippen LogP contribution in [0.4, 0.5) is 13.2 Å². The normalized spacial score (nSPS) is 22.9. The first kappa shape index (κ1) is 15.6. The fourth-order valence-corrected chi connectivity index (χ4v) is 2.35. The van der Waals surface area contributed by atoms with Crippen LogP contribution < -0.4 is 5.32 Å². The minimum atomic E-state index is -4.23. The van der Waals surface area contributed by atoms with Gasteiger partial charge in [0.1, 0.15) is 5.54 Å². The van der Waals surface area contributed by atoms with Crippen molar-refractivity contribution in [2.45, 2.75) is 62.8 Å². The van der Waals surface area contributed by atoms with Gasteiger partial charge in [-0.05, 0) is 39.0 Å². The maximum Gasteiger partial charge on any atom is 0.401 e. The van der Waals surface area contributed by atoms with Crippen LogP contribution in [-0.2, 0) is 4.79 Å². The van der Waals surface area contributed by atoms with E-state index in [0.717, 1.165) is 25.7 Å². The molecule has 116 valence electrons. The molecule has 1 atom stereocenters. The van der Waals surface area contributed by atoms with Crippen molar-refractivity contribution >= 4 is 5.97 Å². The third-order valence-corrected chi connectivity index (χ3v) is 3.92. The smallest absolute Gasteiger partial charge is 0.401 e. The molecule has 0 aliphatic heterocycles. The topological polar surface area (TPSA) is 52.6 Å². The summed E-state index contributed by atoms with van der Waals surface area (Å²) in [6, 6.07) is 0.170. The van der Waals surface area contributed by atoms with Gasteiger partial charge in [-0.25, -0.2) is 0 Å². The summed E-state index contributed by atoms with van der Waals surface area (Å²) >= 11 is 0. The van der Waals surface area contributed by atoms with Crippen LogP contribution in [0.2, 0.25) is 0 Å². The van der Waals surface area contributed by atoms with E-state index in [1.54, 1.807) is 6.92 Å². The van der Waals surface area contributed by atoms with E-state index < -0.39 is 24.2 Å². The number of hydrogen-bond donors (Lipinski definition) is 2. The van der Waals surface area contributed by atoms with Crippen LogP contribution in [0.25, 0.3) is 0 Å². The summed E-state index contributed by atoms with van der Waals surface area (Å²) < 4.78 is 37.6. The van der Waals surface area contributed by atoms with Crippen LogP contribution in [0.5, 0.6) is 0 Å². The third kappa shape index (κ3) is 4.63. The molecule has 0 heterocycles. The van der Waals surface area contributed by atoms with Gasteiger partial charge in [-0.3, -0.25) is 15.0 Å². The largest absolute Gasteiger partial charge is 0.480 e. The maximum absolute atomic E-state index is 12.5. The van der Waals surface area contributed by atoms with Crippen LogP contribution in [0.15, 0.2) is 0 Å². The number of carboxylic acid groups (broad SMARTS) is 1. The molecular formula is C13H21F3N2O2. The second kappa shape index (κ2) is 5.52. The number of carbonyl (C=O) groups is 1. The van der Waals surface area contributed by atoms with Gasteiger partial charge in [-0.2, -0.15) is 13.2 Å². The van der Waals surface area contributed by atoms with Crippen molar-refractivity contribution in [3.05, 3.63) is 0 Å². The Labute approximate surface area is 116 Å². The summed E-state index contributed by atoms with van der Waals surface area (Å²) in [5, 5.41) is 12.3. The second-order valence-corrected chi connectivity index (χ2v) is 6.12. The van der Waals surface area contributed by atoms with E-state index in [9.17, 15) is 23.1 Å². The lowest BCUT2D eigenvalue weighted by Gasteiger charge is -2.30. The SMILES string of the molecule is CC(CCN(CC(F)(F)F)C1CC1)(NC1CC1)C(=O)O. The quantitative estimate of drug-likeness (QED) is 0.719. The Hall–Kier alpha value is -0.820. The highest BCUT2D eigenvalue weighted by Gasteiger charge is 2.42. The second-order valence-electron chi connectivity index (χ2n) is 6.12. The average Bonchev–Trinajstić information content (AvgIpc) is 3.14. The Bertz CT molecular complexity index is 367. The Morgan fingerprint density at radius 1 is 1.30 bits per heavy atom. The van der Waals surface area contributed by atoms with Crippen molar-refractivity contribution in [3.63, 3.8) is 0 Å². The lowest BCUT2D eigenvalue weighted by atomic mass is 9.97. The van der Waals surface area contributed by atoms with Gasteiger partial charge in [0, 0.05) is 18.6 Å². The van der Waals surface area contributed by atoms with Gasteiger partial charge in [0.25, 0.3) is 0 Å². The predicted molar refractivity (Wildman–Crippen MR) is 67.5 cm³/mol. The predicted octanol–water partition coefficient (Wildman–Crippen LogP) is 2.00. The molecule has 0 saturated heterocycles. The van der Waals surface area contributed by atoms with Crippen molar-refractivity contribution < 1.29 is 23.1 Å². The first-order valence-electron chi connectivity index (χ1n) is 7.01. The molecule has 2 saturated carbocycles. The molecule has 7 heteroatoms. The Morgan fingerprint density at radius 3 is 2.30 bits per heavy atom. The maximum atomic E-state index is 12.5. The molecule has 0 spiro atoms. The minimum Gasteiger partial charge on any atom is -0.480 e. The summed E-state index contributed by atoms with van der Waals surface area (Å²) in [7, 11) is 0. The number of nitrogens with zero attached hydrogens (tertiary/aromatic N) is 1. The van der Waals surface area contributed by atoms with Crippen LogP contribution in [0.1, 0.15) is 39.0 Å². The summed E-state index contributed by atoms with van der Waals surface area (Å²) in [4.78, 5) is 12.7. The molecule has 2 aliphatic carbocycles. The molecule has 0 aromatic rings. The molecule has 1 unspecified atom stereocenters. The minimum absolute atomic E-state index is 0.0319. The lowest BCUT2D eigenvalue weighted by molar-refractivity contribution is -0.149. The molecule has 2 aliphatic rings. The molecule has 0 amide bonds. The summed E-state index contributed by atoms with van der Waals surface area (Å²) in [5.41, 5.74) is -1.14. The zero-order chi connectivity index (χ0) is 15.0. The average molecular weight is 294 g/mol. The lowest BCUT2D eigenvalue weighted by Crippen LogP contribution is -2.53. The summed E-state index contributed by atoms with van der Waals surface area (Å²) in [6.45, 7) is 0.774. The number of hydrogen-bond acceptors (Lipinski definition) is 3. The van der Waals surface area contributed by atoms with Crippen LogP contribution in [-0.4, -0.2) is 52.9 Å². The molecule has 0 aromatic heterocycles. The fraction of sp³-hybridized carbons (Fsp3) is 0.923. The van der Waals surface area contributed by atoms with E-state index in [-0.39, 0.29) is 25.0 Å². The number of aliphatic carboxylic acids is 1. The van der Waals surface area contributed by atoms with Gasteiger partial charge in [0.15, 0.2) is 0 Å². The third-order valence-electron chi connectivity index (χ3n) is 3.92. The van der Waals surface area contributed by atoms with Gasteiger partial charge < -0.3 is 5.11 Å². The van der Waals surface area contributed by atoms with E-state index in [1.807, 2.05) is 0 Å².